The van der Waals surface area contributed by atoms with Crippen LogP contribution in [0.2, 0.25) is 0 Å². The number of carboxylic acids is 1. The maximum atomic E-state index is 11.5. The summed E-state index contributed by atoms with van der Waals surface area (Å²) in [6.45, 7) is 1.79. The van der Waals surface area contributed by atoms with E-state index in [2.05, 4.69) is 11.2 Å². The molecular formula is C16H15N3O2. The van der Waals surface area contributed by atoms with Gasteiger partial charge in [0.15, 0.2) is 0 Å². The summed E-state index contributed by atoms with van der Waals surface area (Å²) in [6.07, 6.45) is 3.08. The van der Waals surface area contributed by atoms with E-state index in [0.717, 1.165) is 24.8 Å². The number of nitriles is 1. The minimum atomic E-state index is -0.938. The van der Waals surface area contributed by atoms with E-state index in [9.17, 15) is 9.90 Å². The highest BCUT2D eigenvalue weighted by molar-refractivity contribution is 5.90. The highest BCUT2D eigenvalue weighted by Crippen LogP contribution is 2.35. The van der Waals surface area contributed by atoms with E-state index in [1.165, 1.54) is 0 Å². The number of benzene rings is 1. The molecule has 106 valence electrons. The molecule has 0 saturated heterocycles. The van der Waals surface area contributed by atoms with Crippen molar-refractivity contribution >= 4 is 5.97 Å². The quantitative estimate of drug-likeness (QED) is 0.937. The molecule has 0 unspecified atom stereocenters. The summed E-state index contributed by atoms with van der Waals surface area (Å²) in [5.74, 6) is -0.938. The summed E-state index contributed by atoms with van der Waals surface area (Å²) in [5, 5.41) is 22.8. The largest absolute Gasteiger partial charge is 0.477 e. The van der Waals surface area contributed by atoms with Gasteiger partial charge in [0.25, 0.3) is 0 Å². The van der Waals surface area contributed by atoms with Gasteiger partial charge in [-0.3, -0.25) is 4.68 Å². The molecule has 1 aliphatic rings. The molecule has 1 aliphatic carbocycles. The number of carboxylic acid groups (broad SMARTS) is 1. The number of rotatable bonds is 3. The average molecular weight is 281 g/mol. The first-order valence-corrected chi connectivity index (χ1v) is 6.94. The molecule has 0 spiro atoms. The summed E-state index contributed by atoms with van der Waals surface area (Å²) >= 11 is 0. The van der Waals surface area contributed by atoms with Gasteiger partial charge in [0.1, 0.15) is 5.69 Å². The van der Waals surface area contributed by atoms with Crippen LogP contribution in [-0.2, 0) is 0 Å². The van der Waals surface area contributed by atoms with Gasteiger partial charge in [-0.1, -0.05) is 12.1 Å². The number of aromatic nitrogens is 2. The van der Waals surface area contributed by atoms with Gasteiger partial charge >= 0.3 is 5.97 Å². The third-order valence-electron chi connectivity index (χ3n) is 4.06. The first-order valence-electron chi connectivity index (χ1n) is 6.94. The van der Waals surface area contributed by atoms with Crippen LogP contribution >= 0.6 is 0 Å². The summed E-state index contributed by atoms with van der Waals surface area (Å²) in [5.41, 5.74) is 3.06. The minimum Gasteiger partial charge on any atom is -0.477 e. The number of aromatic carboxylic acids is 1. The van der Waals surface area contributed by atoms with Crippen LogP contribution in [0, 0.1) is 18.3 Å². The second-order valence-corrected chi connectivity index (χ2v) is 5.35. The summed E-state index contributed by atoms with van der Waals surface area (Å²) < 4.78 is 1.66. The predicted octanol–water partition coefficient (Wildman–Crippen LogP) is 3.15. The first-order chi connectivity index (χ1) is 10.1. The Bertz CT molecular complexity index is 734. The van der Waals surface area contributed by atoms with E-state index in [-0.39, 0.29) is 11.7 Å². The molecule has 5 nitrogen and oxygen atoms in total. The molecule has 1 N–H and O–H groups in total. The van der Waals surface area contributed by atoms with Crippen molar-refractivity contribution in [2.24, 2.45) is 0 Å². The molecule has 1 heterocycles. The molecule has 1 fully saturated rings. The molecule has 1 saturated carbocycles. The second kappa shape index (κ2) is 5.06. The zero-order valence-corrected chi connectivity index (χ0v) is 11.7. The van der Waals surface area contributed by atoms with Crippen molar-refractivity contribution in [2.45, 2.75) is 32.2 Å². The maximum Gasteiger partial charge on any atom is 0.354 e. The Labute approximate surface area is 122 Å². The normalized spacial score (nSPS) is 14.5. The van der Waals surface area contributed by atoms with Crippen molar-refractivity contribution < 1.29 is 9.90 Å². The summed E-state index contributed by atoms with van der Waals surface area (Å²) in [7, 11) is 0. The lowest BCUT2D eigenvalue weighted by molar-refractivity contribution is 0.0674. The molecule has 0 radical (unpaired) electrons. The van der Waals surface area contributed by atoms with E-state index in [1.54, 1.807) is 23.7 Å². The van der Waals surface area contributed by atoms with Gasteiger partial charge in [0.05, 0.1) is 23.4 Å². The van der Waals surface area contributed by atoms with Crippen molar-refractivity contribution in [3.8, 4) is 17.3 Å². The Morgan fingerprint density at radius 3 is 2.52 bits per heavy atom. The van der Waals surface area contributed by atoms with Gasteiger partial charge in [0.2, 0.25) is 0 Å². The summed E-state index contributed by atoms with van der Waals surface area (Å²) in [6, 6.07) is 9.33. The van der Waals surface area contributed by atoms with Crippen LogP contribution in [-0.4, -0.2) is 20.9 Å². The third kappa shape index (κ3) is 2.19. The molecule has 2 aromatic rings. The minimum absolute atomic E-state index is 0.196. The van der Waals surface area contributed by atoms with Gasteiger partial charge in [-0.15, -0.1) is 0 Å². The number of hydrogen-bond acceptors (Lipinski definition) is 3. The van der Waals surface area contributed by atoms with Crippen LogP contribution in [0.25, 0.3) is 11.3 Å². The second-order valence-electron chi connectivity index (χ2n) is 5.35. The first kappa shape index (κ1) is 13.4. The van der Waals surface area contributed by atoms with Crippen molar-refractivity contribution in [2.75, 3.05) is 0 Å². The summed E-state index contributed by atoms with van der Waals surface area (Å²) in [4.78, 5) is 11.5. The van der Waals surface area contributed by atoms with Crippen LogP contribution in [0.1, 0.15) is 46.9 Å². The smallest absolute Gasteiger partial charge is 0.354 e. The zero-order chi connectivity index (χ0) is 15.0. The fourth-order valence-electron chi connectivity index (χ4n) is 2.65. The zero-order valence-electron chi connectivity index (χ0n) is 11.7. The van der Waals surface area contributed by atoms with Crippen LogP contribution in [0.5, 0.6) is 0 Å². The van der Waals surface area contributed by atoms with Crippen LogP contribution in [0.15, 0.2) is 24.3 Å². The van der Waals surface area contributed by atoms with Gasteiger partial charge < -0.3 is 5.11 Å². The van der Waals surface area contributed by atoms with Crippen LogP contribution in [0.3, 0.4) is 0 Å². The topological polar surface area (TPSA) is 78.9 Å². The Morgan fingerprint density at radius 1 is 1.38 bits per heavy atom. The van der Waals surface area contributed by atoms with Crippen molar-refractivity contribution in [1.82, 2.24) is 9.78 Å². The molecule has 5 heteroatoms. The standard InChI is InChI=1S/C16H15N3O2/c1-10-14(12-7-5-11(9-17)6-8-12)18-19(13-3-2-4-13)15(10)16(20)21/h5-8,13H,2-4H2,1H3,(H,20,21). The van der Waals surface area contributed by atoms with Crippen LogP contribution in [0.4, 0.5) is 0 Å². The lowest BCUT2D eigenvalue weighted by atomic mass is 9.93. The monoisotopic (exact) mass is 281 g/mol. The van der Waals surface area contributed by atoms with Gasteiger partial charge in [-0.05, 0) is 38.3 Å². The lowest BCUT2D eigenvalue weighted by Crippen LogP contribution is -2.22. The number of carbonyl (C=O) groups is 1. The Hall–Kier alpha value is -2.61. The SMILES string of the molecule is Cc1c(-c2ccc(C#N)cc2)nn(C2CCC2)c1C(=O)O. The average Bonchev–Trinajstić information content (AvgIpc) is 2.74. The van der Waals surface area contributed by atoms with E-state index in [0.29, 0.717) is 16.8 Å². The molecule has 0 aliphatic heterocycles. The highest BCUT2D eigenvalue weighted by atomic mass is 16.4. The fourth-order valence-corrected chi connectivity index (χ4v) is 2.65. The Morgan fingerprint density at radius 2 is 2.05 bits per heavy atom. The molecule has 0 amide bonds. The van der Waals surface area contributed by atoms with E-state index in [1.807, 2.05) is 12.1 Å². The Kier molecular flexibility index (Phi) is 3.22. The van der Waals surface area contributed by atoms with E-state index in [4.69, 9.17) is 5.26 Å². The molecule has 3 rings (SSSR count). The van der Waals surface area contributed by atoms with Crippen molar-refractivity contribution in [3.05, 3.63) is 41.1 Å². The van der Waals surface area contributed by atoms with Gasteiger partial charge in [-0.2, -0.15) is 10.4 Å². The van der Waals surface area contributed by atoms with Crippen molar-refractivity contribution in [3.63, 3.8) is 0 Å². The van der Waals surface area contributed by atoms with Gasteiger partial charge in [0, 0.05) is 11.1 Å². The number of nitrogens with zero attached hydrogens (tertiary/aromatic N) is 3. The maximum absolute atomic E-state index is 11.5. The van der Waals surface area contributed by atoms with Gasteiger partial charge in [-0.25, -0.2) is 4.79 Å². The van der Waals surface area contributed by atoms with E-state index >= 15 is 0 Å². The van der Waals surface area contributed by atoms with Crippen molar-refractivity contribution in [1.29, 1.82) is 5.26 Å². The highest BCUT2D eigenvalue weighted by Gasteiger charge is 2.28. The molecule has 0 bridgehead atoms. The predicted molar refractivity (Wildman–Crippen MR) is 77.0 cm³/mol. The fraction of sp³-hybridized carbons (Fsp3) is 0.312. The molecule has 1 aromatic carbocycles. The Balaban J connectivity index is 2.09. The molecule has 21 heavy (non-hydrogen) atoms. The number of hydrogen-bond donors (Lipinski definition) is 1. The third-order valence-corrected chi connectivity index (χ3v) is 4.06. The molecule has 1 aromatic heterocycles. The van der Waals surface area contributed by atoms with Crippen LogP contribution < -0.4 is 0 Å². The molecule has 0 atom stereocenters. The van der Waals surface area contributed by atoms with E-state index < -0.39 is 5.97 Å². The molecular weight excluding hydrogens is 266 g/mol. The lowest BCUT2D eigenvalue weighted by Gasteiger charge is -2.26.